The molecule has 154 valence electrons. The van der Waals surface area contributed by atoms with Crippen LogP contribution >= 0.6 is 0 Å². The number of imide groups is 4. The van der Waals surface area contributed by atoms with E-state index in [0.717, 1.165) is 0 Å². The van der Waals surface area contributed by atoms with Crippen LogP contribution in [0.5, 0.6) is 0 Å². The third kappa shape index (κ3) is 3.96. The minimum absolute atomic E-state index is 0.0288. The molecule has 0 radical (unpaired) electrons. The monoisotopic (exact) mass is 416 g/mol. The van der Waals surface area contributed by atoms with Crippen LogP contribution in [0.25, 0.3) is 0 Å². The summed E-state index contributed by atoms with van der Waals surface area (Å²) in [5.41, 5.74) is 1.98. The number of hydrogen-bond acceptors (Lipinski definition) is 9. The van der Waals surface area contributed by atoms with Gasteiger partial charge in [0.1, 0.15) is 0 Å². The first-order chi connectivity index (χ1) is 14.2. The highest BCUT2D eigenvalue weighted by Gasteiger charge is 2.48. The summed E-state index contributed by atoms with van der Waals surface area (Å²) in [6.45, 7) is 0. The largest absolute Gasteiger partial charge is 0.478 e. The number of carbonyl (C=O) groups excluding carboxylic acids is 6. The fraction of sp³-hybridized carbons (Fsp3) is 0.125. The number of carboxylic acid groups (broad SMARTS) is 1. The minimum atomic E-state index is -1.84. The zero-order valence-corrected chi connectivity index (χ0v) is 14.7. The van der Waals surface area contributed by atoms with Crippen molar-refractivity contribution in [3.63, 3.8) is 0 Å². The van der Waals surface area contributed by atoms with Gasteiger partial charge >= 0.3 is 18.0 Å². The van der Waals surface area contributed by atoms with E-state index in [2.05, 4.69) is 10.5 Å². The third-order valence-electron chi connectivity index (χ3n) is 4.03. The Labute approximate surface area is 166 Å². The molecule has 1 aromatic carbocycles. The lowest BCUT2D eigenvalue weighted by atomic mass is 9.87. The van der Waals surface area contributed by atoms with Gasteiger partial charge in [0.25, 0.3) is 0 Å². The van der Waals surface area contributed by atoms with E-state index < -0.39 is 59.2 Å². The summed E-state index contributed by atoms with van der Waals surface area (Å²) < 4.78 is 0. The molecule has 2 aliphatic heterocycles. The topological polar surface area (TPSA) is 212 Å². The van der Waals surface area contributed by atoms with Crippen LogP contribution in [0, 0.1) is 11.8 Å². The molecule has 14 nitrogen and oxygen atoms in total. The van der Waals surface area contributed by atoms with Crippen molar-refractivity contribution in [3.05, 3.63) is 29.8 Å². The summed E-state index contributed by atoms with van der Waals surface area (Å²) in [6.07, 6.45) is 0. The maximum absolute atomic E-state index is 12.2. The first-order valence-corrected chi connectivity index (χ1v) is 8.15. The molecule has 14 heteroatoms. The normalized spacial score (nSPS) is 17.5. The minimum Gasteiger partial charge on any atom is -0.478 e. The molecule has 3 rings (SSSR count). The predicted molar refractivity (Wildman–Crippen MR) is 94.8 cm³/mol. The van der Waals surface area contributed by atoms with Crippen molar-refractivity contribution >= 4 is 53.1 Å². The molecule has 0 bridgehead atoms. The second kappa shape index (κ2) is 7.78. The number of benzene rings is 1. The molecule has 30 heavy (non-hydrogen) atoms. The molecular formula is C16H12N6O8. The summed E-state index contributed by atoms with van der Waals surface area (Å²) in [5, 5.41) is 20.0. The second-order valence-corrected chi connectivity index (χ2v) is 6.01. The number of hydrazone groups is 1. The van der Waals surface area contributed by atoms with Crippen LogP contribution in [0.4, 0.5) is 15.3 Å². The summed E-state index contributed by atoms with van der Waals surface area (Å²) in [7, 11) is 0. The lowest BCUT2D eigenvalue weighted by Crippen LogP contribution is -2.64. The van der Waals surface area contributed by atoms with Crippen molar-refractivity contribution in [1.29, 1.82) is 0 Å². The molecule has 8 amide bonds. The smallest absolute Gasteiger partial charge is 0.335 e. The average Bonchev–Trinajstić information content (AvgIpc) is 2.64. The highest BCUT2D eigenvalue weighted by molar-refractivity contribution is 6.36. The Morgan fingerprint density at radius 2 is 1.17 bits per heavy atom. The van der Waals surface area contributed by atoms with Gasteiger partial charge in [0.15, 0.2) is 11.8 Å². The van der Waals surface area contributed by atoms with Gasteiger partial charge in [-0.25, -0.2) is 14.4 Å². The van der Waals surface area contributed by atoms with Crippen molar-refractivity contribution in [3.8, 4) is 0 Å². The summed E-state index contributed by atoms with van der Waals surface area (Å²) in [5.74, 6) is -9.41. The molecule has 1 aromatic rings. The lowest BCUT2D eigenvalue weighted by Gasteiger charge is -2.27. The fourth-order valence-electron chi connectivity index (χ4n) is 2.69. The molecule has 2 heterocycles. The van der Waals surface area contributed by atoms with Gasteiger partial charge in [0, 0.05) is 0 Å². The highest BCUT2D eigenvalue weighted by Crippen LogP contribution is 2.18. The van der Waals surface area contributed by atoms with E-state index >= 15 is 0 Å². The van der Waals surface area contributed by atoms with Gasteiger partial charge in [-0.3, -0.25) is 45.9 Å². The van der Waals surface area contributed by atoms with Gasteiger partial charge in [-0.1, -0.05) is 0 Å². The quantitative estimate of drug-likeness (QED) is 0.180. The Morgan fingerprint density at radius 1 is 0.767 bits per heavy atom. The van der Waals surface area contributed by atoms with Crippen LogP contribution in [0.1, 0.15) is 10.4 Å². The Hall–Kier alpha value is -4.62. The van der Waals surface area contributed by atoms with E-state index in [1.54, 1.807) is 0 Å². The number of anilines is 1. The number of nitrogens with zero attached hydrogens (tertiary/aromatic N) is 1. The van der Waals surface area contributed by atoms with Crippen molar-refractivity contribution in [2.75, 3.05) is 5.43 Å². The number of carboxylic acids is 1. The van der Waals surface area contributed by atoms with Gasteiger partial charge in [-0.2, -0.15) is 5.10 Å². The van der Waals surface area contributed by atoms with Gasteiger partial charge in [-0.05, 0) is 24.3 Å². The third-order valence-corrected chi connectivity index (χ3v) is 4.03. The number of urea groups is 2. The highest BCUT2D eigenvalue weighted by atomic mass is 16.4. The second-order valence-electron chi connectivity index (χ2n) is 6.01. The SMILES string of the molecule is O=C1NC(=O)C(C(=NNc2ccc(C(=O)O)cc2)C2C(=O)NC(=O)NC2=O)C(=O)N1. The van der Waals surface area contributed by atoms with E-state index in [0.29, 0.717) is 0 Å². The zero-order chi connectivity index (χ0) is 22.0. The molecule has 6 N–H and O–H groups in total. The molecule has 0 spiro atoms. The van der Waals surface area contributed by atoms with Crippen molar-refractivity contribution in [2.45, 2.75) is 0 Å². The predicted octanol–water partition coefficient (Wildman–Crippen LogP) is -1.88. The number of rotatable bonds is 5. The number of hydrogen-bond donors (Lipinski definition) is 6. The van der Waals surface area contributed by atoms with Crippen LogP contribution in [0.15, 0.2) is 29.4 Å². The standard InChI is InChI=1S/C16H12N6O8/c23-10-7(11(24)18-15(29)17-10)9(8-12(25)19-16(30)20-13(8)26)22-21-6-3-1-5(2-4-6)14(27)28/h1-4,7-8,21H,(H,27,28)(H2,17,18,23,24,29)(H2,19,20,25,26,30). The van der Waals surface area contributed by atoms with Crippen LogP contribution in [-0.4, -0.2) is 52.5 Å². The number of barbiturate groups is 2. The molecule has 2 saturated heterocycles. The molecule has 0 atom stereocenters. The van der Waals surface area contributed by atoms with Crippen molar-refractivity contribution in [1.82, 2.24) is 21.3 Å². The van der Waals surface area contributed by atoms with E-state index in [1.807, 2.05) is 21.3 Å². The lowest BCUT2D eigenvalue weighted by molar-refractivity contribution is -0.133. The Morgan fingerprint density at radius 3 is 1.53 bits per heavy atom. The van der Waals surface area contributed by atoms with Crippen LogP contribution in [-0.2, 0) is 19.2 Å². The summed E-state index contributed by atoms with van der Waals surface area (Å²) in [4.78, 5) is 82.3. The number of carbonyl (C=O) groups is 7. The van der Waals surface area contributed by atoms with Crippen LogP contribution in [0.3, 0.4) is 0 Å². The van der Waals surface area contributed by atoms with Gasteiger partial charge in [0.05, 0.1) is 17.0 Å². The molecule has 0 aliphatic carbocycles. The summed E-state index contributed by atoms with van der Waals surface area (Å²) in [6, 6.07) is 2.89. The Balaban J connectivity index is 1.98. The number of amides is 8. The molecule has 2 fully saturated rings. The maximum Gasteiger partial charge on any atom is 0.335 e. The molecule has 0 aromatic heterocycles. The first-order valence-electron chi connectivity index (χ1n) is 8.15. The zero-order valence-electron chi connectivity index (χ0n) is 14.7. The van der Waals surface area contributed by atoms with Crippen LogP contribution in [0.2, 0.25) is 0 Å². The first kappa shape index (κ1) is 20.1. The van der Waals surface area contributed by atoms with Crippen molar-refractivity contribution < 1.29 is 38.7 Å². The van der Waals surface area contributed by atoms with Gasteiger partial charge < -0.3 is 5.11 Å². The average molecular weight is 416 g/mol. The summed E-state index contributed by atoms with van der Waals surface area (Å²) >= 11 is 0. The number of nitrogens with one attached hydrogen (secondary N) is 5. The maximum atomic E-state index is 12.2. The van der Waals surface area contributed by atoms with Gasteiger partial charge in [0.2, 0.25) is 23.6 Å². The molecule has 2 aliphatic rings. The number of aromatic carboxylic acids is 1. The van der Waals surface area contributed by atoms with E-state index in [4.69, 9.17) is 5.11 Å². The van der Waals surface area contributed by atoms with E-state index in [9.17, 15) is 33.6 Å². The van der Waals surface area contributed by atoms with Crippen LogP contribution < -0.4 is 26.7 Å². The Bertz CT molecular complexity index is 941. The van der Waals surface area contributed by atoms with E-state index in [-0.39, 0.29) is 11.3 Å². The van der Waals surface area contributed by atoms with E-state index in [1.165, 1.54) is 24.3 Å². The van der Waals surface area contributed by atoms with Crippen molar-refractivity contribution in [2.24, 2.45) is 16.9 Å². The fourth-order valence-corrected chi connectivity index (χ4v) is 2.69. The molecular weight excluding hydrogens is 404 g/mol. The van der Waals surface area contributed by atoms with Gasteiger partial charge in [-0.15, -0.1) is 0 Å². The Kier molecular flexibility index (Phi) is 5.22. The molecule has 0 unspecified atom stereocenters. The molecule has 0 saturated carbocycles.